The molecule has 0 saturated heterocycles. The van der Waals surface area contributed by atoms with Gasteiger partial charge in [0.15, 0.2) is 5.96 Å². The second-order valence-electron chi connectivity index (χ2n) is 7.54. The van der Waals surface area contributed by atoms with E-state index in [1.807, 2.05) is 42.5 Å². The highest BCUT2D eigenvalue weighted by atomic mass is 127. The normalized spacial score (nSPS) is 12.0. The van der Waals surface area contributed by atoms with Gasteiger partial charge in [-0.1, -0.05) is 44.2 Å². The van der Waals surface area contributed by atoms with Gasteiger partial charge in [-0.25, -0.2) is 0 Å². The zero-order chi connectivity index (χ0) is 21.8. The molecular weight excluding hydrogens is 501 g/mol. The van der Waals surface area contributed by atoms with Crippen LogP contribution in [0.4, 0.5) is 5.69 Å². The van der Waals surface area contributed by atoms with Crippen molar-refractivity contribution >= 4 is 41.5 Å². The van der Waals surface area contributed by atoms with Crippen molar-refractivity contribution in [1.29, 1.82) is 0 Å². The van der Waals surface area contributed by atoms with Crippen LogP contribution >= 0.6 is 24.0 Å². The maximum atomic E-state index is 11.8. The molecule has 2 rings (SSSR count). The van der Waals surface area contributed by atoms with Crippen molar-refractivity contribution in [2.75, 3.05) is 32.0 Å². The first kappa shape index (κ1) is 26.7. The maximum Gasteiger partial charge on any atom is 0.251 e. The van der Waals surface area contributed by atoms with Crippen LogP contribution in [0, 0.1) is 5.92 Å². The first-order chi connectivity index (χ1) is 14.5. The Labute approximate surface area is 203 Å². The summed E-state index contributed by atoms with van der Waals surface area (Å²) >= 11 is 0. The van der Waals surface area contributed by atoms with Crippen LogP contribution in [0.1, 0.15) is 36.7 Å². The average Bonchev–Trinajstić information content (AvgIpc) is 2.76. The smallest absolute Gasteiger partial charge is 0.251 e. The molecule has 6 nitrogen and oxygen atoms in total. The van der Waals surface area contributed by atoms with Crippen molar-refractivity contribution in [2.45, 2.75) is 33.2 Å². The van der Waals surface area contributed by atoms with Crippen molar-refractivity contribution in [1.82, 2.24) is 16.0 Å². The molecule has 1 unspecified atom stereocenters. The molecule has 7 heteroatoms. The van der Waals surface area contributed by atoms with Gasteiger partial charge in [0.25, 0.3) is 5.91 Å². The number of guanidine groups is 1. The summed E-state index contributed by atoms with van der Waals surface area (Å²) < 4.78 is 0. The summed E-state index contributed by atoms with van der Waals surface area (Å²) in [6.07, 6.45) is 0.811. The van der Waals surface area contributed by atoms with E-state index in [9.17, 15) is 4.79 Å². The highest BCUT2D eigenvalue weighted by molar-refractivity contribution is 14.0. The Morgan fingerprint density at radius 3 is 2.42 bits per heavy atom. The lowest BCUT2D eigenvalue weighted by Crippen LogP contribution is -2.40. The molecular formula is C24H36IN5O. The van der Waals surface area contributed by atoms with Crippen LogP contribution in [0.2, 0.25) is 0 Å². The Kier molecular flexibility index (Phi) is 12.7. The van der Waals surface area contributed by atoms with Crippen molar-refractivity contribution in [2.24, 2.45) is 10.9 Å². The number of anilines is 1. The summed E-state index contributed by atoms with van der Waals surface area (Å²) in [7, 11) is 1.65. The van der Waals surface area contributed by atoms with E-state index in [1.165, 1.54) is 0 Å². The highest BCUT2D eigenvalue weighted by Gasteiger charge is 2.13. The van der Waals surface area contributed by atoms with Crippen molar-refractivity contribution < 1.29 is 4.79 Å². The number of aliphatic imine (C=N–C) groups is 1. The Balaban J connectivity index is 0.00000480. The number of hydrogen-bond donors (Lipinski definition) is 4. The third-order valence-corrected chi connectivity index (χ3v) is 4.84. The van der Waals surface area contributed by atoms with Gasteiger partial charge < -0.3 is 21.3 Å². The van der Waals surface area contributed by atoms with Crippen molar-refractivity contribution in [3.8, 4) is 0 Å². The van der Waals surface area contributed by atoms with Crippen LogP contribution in [0.25, 0.3) is 0 Å². The number of benzene rings is 2. The maximum absolute atomic E-state index is 11.8. The Bertz CT molecular complexity index is 811. The van der Waals surface area contributed by atoms with Gasteiger partial charge in [-0.2, -0.15) is 0 Å². The summed E-state index contributed by atoms with van der Waals surface area (Å²) in [6, 6.07) is 18.2. The standard InChI is InChI=1S/C24H35N5O.HI/c1-5-26-24(27-15-14-19-10-9-11-20(16-19)23(30)25-4)28-17-22(18(2)3)29-21-12-7-6-8-13-21;/h6-13,16,18,22,29H,5,14-15,17H2,1-4H3,(H,25,30)(H2,26,27,28);1H. The summed E-state index contributed by atoms with van der Waals surface area (Å²) in [5, 5.41) is 13.0. The van der Waals surface area contributed by atoms with Crippen molar-refractivity contribution in [3.63, 3.8) is 0 Å². The lowest BCUT2D eigenvalue weighted by Gasteiger charge is -2.22. The molecule has 0 fully saturated rings. The minimum atomic E-state index is -0.0645. The lowest BCUT2D eigenvalue weighted by atomic mass is 10.0. The minimum Gasteiger partial charge on any atom is -0.380 e. The molecule has 0 saturated carbocycles. The van der Waals surface area contributed by atoms with E-state index in [0.29, 0.717) is 18.0 Å². The molecule has 0 aromatic heterocycles. The number of hydrogen-bond acceptors (Lipinski definition) is 3. The molecule has 0 bridgehead atoms. The van der Waals surface area contributed by atoms with Crippen LogP contribution in [0.15, 0.2) is 59.6 Å². The number of nitrogens with zero attached hydrogens (tertiary/aromatic N) is 1. The number of carbonyl (C=O) groups is 1. The molecule has 4 N–H and O–H groups in total. The third-order valence-electron chi connectivity index (χ3n) is 4.84. The molecule has 0 spiro atoms. The first-order valence-corrected chi connectivity index (χ1v) is 10.7. The Morgan fingerprint density at radius 1 is 1.03 bits per heavy atom. The van der Waals surface area contributed by atoms with Crippen LogP contribution in [0.3, 0.4) is 0 Å². The van der Waals surface area contributed by atoms with Gasteiger partial charge >= 0.3 is 0 Å². The van der Waals surface area contributed by atoms with E-state index in [1.54, 1.807) is 7.05 Å². The van der Waals surface area contributed by atoms with E-state index >= 15 is 0 Å². The molecule has 0 aliphatic rings. The molecule has 31 heavy (non-hydrogen) atoms. The number of carbonyl (C=O) groups excluding carboxylic acids is 1. The monoisotopic (exact) mass is 537 g/mol. The van der Waals surface area contributed by atoms with Gasteiger partial charge in [0, 0.05) is 37.4 Å². The topological polar surface area (TPSA) is 77.6 Å². The fourth-order valence-electron chi connectivity index (χ4n) is 3.04. The second-order valence-corrected chi connectivity index (χ2v) is 7.54. The van der Waals surface area contributed by atoms with E-state index < -0.39 is 0 Å². The lowest BCUT2D eigenvalue weighted by molar-refractivity contribution is 0.0963. The fourth-order valence-corrected chi connectivity index (χ4v) is 3.04. The fraction of sp³-hybridized carbons (Fsp3) is 0.417. The van der Waals surface area contributed by atoms with Crippen LogP contribution < -0.4 is 21.3 Å². The molecule has 0 radical (unpaired) electrons. The first-order valence-electron chi connectivity index (χ1n) is 10.7. The Morgan fingerprint density at radius 2 is 1.77 bits per heavy atom. The molecule has 0 heterocycles. The van der Waals surface area contributed by atoms with Crippen LogP contribution in [-0.4, -0.2) is 44.6 Å². The molecule has 1 amide bonds. The predicted molar refractivity (Wildman–Crippen MR) is 142 cm³/mol. The minimum absolute atomic E-state index is 0. The number of para-hydroxylation sites is 1. The second kappa shape index (κ2) is 14.7. The van der Waals surface area contributed by atoms with Gasteiger partial charge in [-0.3, -0.25) is 9.79 Å². The van der Waals surface area contributed by atoms with Crippen LogP contribution in [0.5, 0.6) is 0 Å². The zero-order valence-corrected chi connectivity index (χ0v) is 21.3. The zero-order valence-electron chi connectivity index (χ0n) is 18.9. The van der Waals surface area contributed by atoms with E-state index in [4.69, 9.17) is 4.99 Å². The molecule has 2 aromatic carbocycles. The predicted octanol–water partition coefficient (Wildman–Crippen LogP) is 3.90. The summed E-state index contributed by atoms with van der Waals surface area (Å²) in [5.41, 5.74) is 2.91. The van der Waals surface area contributed by atoms with E-state index in [2.05, 4.69) is 54.2 Å². The number of amides is 1. The number of nitrogens with one attached hydrogen (secondary N) is 4. The van der Waals surface area contributed by atoms with Gasteiger partial charge in [-0.15, -0.1) is 24.0 Å². The van der Waals surface area contributed by atoms with Gasteiger partial charge in [0.1, 0.15) is 0 Å². The largest absolute Gasteiger partial charge is 0.380 e. The number of rotatable bonds is 10. The third kappa shape index (κ3) is 9.59. The van der Waals surface area contributed by atoms with E-state index in [-0.39, 0.29) is 35.9 Å². The molecule has 2 aromatic rings. The van der Waals surface area contributed by atoms with Gasteiger partial charge in [0.05, 0.1) is 6.54 Å². The van der Waals surface area contributed by atoms with Crippen LogP contribution in [-0.2, 0) is 6.42 Å². The number of halogens is 1. The molecule has 0 aliphatic carbocycles. The van der Waals surface area contributed by atoms with Gasteiger partial charge in [-0.05, 0) is 49.1 Å². The molecule has 170 valence electrons. The van der Waals surface area contributed by atoms with E-state index in [0.717, 1.165) is 36.7 Å². The summed E-state index contributed by atoms with van der Waals surface area (Å²) in [6.45, 7) is 8.68. The van der Waals surface area contributed by atoms with Gasteiger partial charge in [0.2, 0.25) is 0 Å². The highest BCUT2D eigenvalue weighted by Crippen LogP contribution is 2.12. The molecule has 0 aliphatic heterocycles. The SMILES string of the molecule is CCNC(=NCC(Nc1ccccc1)C(C)C)NCCc1cccc(C(=O)NC)c1.I. The quantitative estimate of drug-likeness (QED) is 0.211. The molecule has 1 atom stereocenters. The average molecular weight is 537 g/mol. The Hall–Kier alpha value is -2.29. The summed E-state index contributed by atoms with van der Waals surface area (Å²) in [5.74, 6) is 1.19. The van der Waals surface area contributed by atoms with Crippen molar-refractivity contribution in [3.05, 3.63) is 65.7 Å². The summed E-state index contributed by atoms with van der Waals surface area (Å²) in [4.78, 5) is 16.6.